The van der Waals surface area contributed by atoms with Crippen molar-refractivity contribution in [2.75, 3.05) is 40.3 Å². The first-order chi connectivity index (χ1) is 11.1. The van der Waals surface area contributed by atoms with Crippen molar-refractivity contribution in [3.8, 4) is 0 Å². The van der Waals surface area contributed by atoms with Gasteiger partial charge in [-0.1, -0.05) is 30.3 Å². The summed E-state index contributed by atoms with van der Waals surface area (Å²) < 4.78 is 0. The molecule has 1 fully saturated rings. The summed E-state index contributed by atoms with van der Waals surface area (Å²) in [6.07, 6.45) is 3.46. The molecule has 2 N–H and O–H groups in total. The van der Waals surface area contributed by atoms with Crippen molar-refractivity contribution in [2.24, 2.45) is 5.92 Å². The lowest BCUT2D eigenvalue weighted by molar-refractivity contribution is -0.898. The fourth-order valence-electron chi connectivity index (χ4n) is 3.15. The Morgan fingerprint density at radius 2 is 1.87 bits per heavy atom. The lowest BCUT2D eigenvalue weighted by atomic mass is 9.90. The van der Waals surface area contributed by atoms with Gasteiger partial charge in [0.15, 0.2) is 6.54 Å². The molecule has 1 heterocycles. The Kier molecular flexibility index (Phi) is 6.59. The van der Waals surface area contributed by atoms with Crippen LogP contribution in [-0.2, 0) is 16.0 Å². The van der Waals surface area contributed by atoms with Gasteiger partial charge >= 0.3 is 0 Å². The van der Waals surface area contributed by atoms with E-state index in [4.69, 9.17) is 0 Å². The fraction of sp³-hybridized carbons (Fsp3) is 0.556. The number of carbonyl (C=O) groups excluding carboxylic acids is 2. The van der Waals surface area contributed by atoms with E-state index in [9.17, 15) is 9.59 Å². The number of carbonyl (C=O) groups is 2. The number of benzene rings is 1. The zero-order valence-electron chi connectivity index (χ0n) is 14.2. The van der Waals surface area contributed by atoms with E-state index in [0.29, 0.717) is 6.54 Å². The molecule has 2 amide bonds. The van der Waals surface area contributed by atoms with Crippen LogP contribution < -0.4 is 10.2 Å². The molecular formula is C18H28N3O2+. The summed E-state index contributed by atoms with van der Waals surface area (Å²) in [6.45, 7) is 2.71. The van der Waals surface area contributed by atoms with Gasteiger partial charge < -0.3 is 15.1 Å². The molecule has 5 heteroatoms. The number of nitrogens with one attached hydrogen (secondary N) is 2. The van der Waals surface area contributed by atoms with Crippen LogP contribution in [-0.4, -0.2) is 57.0 Å². The number of quaternary nitrogens is 1. The van der Waals surface area contributed by atoms with E-state index in [1.54, 1.807) is 14.1 Å². The summed E-state index contributed by atoms with van der Waals surface area (Å²) in [5.41, 5.74) is 1.40. The third-order valence-corrected chi connectivity index (χ3v) is 4.67. The van der Waals surface area contributed by atoms with Gasteiger partial charge in [-0.2, -0.15) is 0 Å². The fourth-order valence-corrected chi connectivity index (χ4v) is 3.15. The highest BCUT2D eigenvalue weighted by atomic mass is 16.2. The number of hydrogen-bond donors (Lipinski definition) is 2. The zero-order valence-corrected chi connectivity index (χ0v) is 14.2. The van der Waals surface area contributed by atoms with Crippen molar-refractivity contribution in [2.45, 2.75) is 19.3 Å². The molecule has 0 radical (unpaired) electrons. The van der Waals surface area contributed by atoms with Gasteiger partial charge in [-0.05, 0) is 30.7 Å². The standard InChI is InChI=1S/C18H27N3O2/c1-19-17(22)13-20(2)18(23)14-21-10-8-16(9-11-21)12-15-6-4-3-5-7-15/h3-7,16H,8-14H2,1-2H3,(H,19,22)/p+1. The largest absolute Gasteiger partial charge is 0.358 e. The Labute approximate surface area is 138 Å². The average Bonchev–Trinajstić information content (AvgIpc) is 2.57. The molecule has 0 saturated carbocycles. The molecule has 1 aliphatic rings. The molecule has 0 aliphatic carbocycles. The van der Waals surface area contributed by atoms with Crippen molar-refractivity contribution in [3.05, 3.63) is 35.9 Å². The highest BCUT2D eigenvalue weighted by Gasteiger charge is 2.25. The second-order valence-electron chi connectivity index (χ2n) is 6.48. The molecule has 0 aromatic heterocycles. The van der Waals surface area contributed by atoms with Crippen molar-refractivity contribution >= 4 is 11.8 Å². The molecule has 2 rings (SSSR count). The summed E-state index contributed by atoms with van der Waals surface area (Å²) in [5.74, 6) is 0.641. The van der Waals surface area contributed by atoms with E-state index in [1.165, 1.54) is 15.4 Å². The van der Waals surface area contributed by atoms with Gasteiger partial charge in [0.05, 0.1) is 19.6 Å². The van der Waals surface area contributed by atoms with Crippen LogP contribution in [0, 0.1) is 5.92 Å². The first-order valence-corrected chi connectivity index (χ1v) is 8.40. The van der Waals surface area contributed by atoms with Crippen LogP contribution in [0.1, 0.15) is 18.4 Å². The third-order valence-electron chi connectivity index (χ3n) is 4.67. The minimum absolute atomic E-state index is 0.0464. The van der Waals surface area contributed by atoms with Gasteiger partial charge in [-0.15, -0.1) is 0 Å². The van der Waals surface area contributed by atoms with Crippen LogP contribution in [0.5, 0.6) is 0 Å². The first kappa shape index (κ1) is 17.5. The maximum Gasteiger partial charge on any atom is 0.277 e. The molecular weight excluding hydrogens is 290 g/mol. The lowest BCUT2D eigenvalue weighted by Gasteiger charge is -2.30. The molecule has 1 aromatic carbocycles. The number of hydrogen-bond acceptors (Lipinski definition) is 2. The molecule has 5 nitrogen and oxygen atoms in total. The second kappa shape index (κ2) is 8.67. The minimum Gasteiger partial charge on any atom is -0.358 e. The Hall–Kier alpha value is -1.88. The van der Waals surface area contributed by atoms with Crippen LogP contribution in [0.3, 0.4) is 0 Å². The highest BCUT2D eigenvalue weighted by Crippen LogP contribution is 2.16. The van der Waals surface area contributed by atoms with Gasteiger partial charge in [0.1, 0.15) is 0 Å². The Morgan fingerprint density at radius 1 is 1.22 bits per heavy atom. The van der Waals surface area contributed by atoms with Crippen molar-refractivity contribution in [1.29, 1.82) is 0 Å². The SMILES string of the molecule is CNC(=O)CN(C)C(=O)C[NH+]1CCC(Cc2ccccc2)CC1. The monoisotopic (exact) mass is 318 g/mol. The average molecular weight is 318 g/mol. The van der Waals surface area contributed by atoms with Gasteiger partial charge in [-0.3, -0.25) is 9.59 Å². The molecule has 0 spiro atoms. The molecule has 0 unspecified atom stereocenters. The van der Waals surface area contributed by atoms with Gasteiger partial charge in [0.25, 0.3) is 5.91 Å². The van der Waals surface area contributed by atoms with Crippen LogP contribution in [0.15, 0.2) is 30.3 Å². The van der Waals surface area contributed by atoms with Crippen LogP contribution in [0.2, 0.25) is 0 Å². The Bertz CT molecular complexity index is 510. The summed E-state index contributed by atoms with van der Waals surface area (Å²) in [4.78, 5) is 26.3. The van der Waals surface area contributed by atoms with Crippen molar-refractivity contribution in [3.63, 3.8) is 0 Å². The number of likely N-dealkylation sites (tertiary alicyclic amines) is 1. The number of rotatable bonds is 6. The molecule has 1 saturated heterocycles. The maximum atomic E-state index is 12.2. The van der Waals surface area contributed by atoms with Crippen molar-refractivity contribution in [1.82, 2.24) is 10.2 Å². The minimum atomic E-state index is -0.127. The number of likely N-dealkylation sites (N-methyl/N-ethyl adjacent to an activating group) is 2. The van der Waals surface area contributed by atoms with Gasteiger partial charge in [0, 0.05) is 14.1 Å². The Balaban J connectivity index is 1.72. The van der Waals surface area contributed by atoms with Gasteiger partial charge in [-0.25, -0.2) is 0 Å². The third kappa shape index (κ3) is 5.67. The van der Waals surface area contributed by atoms with Crippen LogP contribution in [0.25, 0.3) is 0 Å². The van der Waals surface area contributed by atoms with E-state index in [2.05, 4.69) is 35.6 Å². The van der Waals surface area contributed by atoms with Crippen LogP contribution >= 0.6 is 0 Å². The topological polar surface area (TPSA) is 53.9 Å². The quantitative estimate of drug-likeness (QED) is 0.759. The normalized spacial score (nSPS) is 20.8. The summed E-state index contributed by atoms with van der Waals surface area (Å²) in [7, 11) is 3.28. The summed E-state index contributed by atoms with van der Waals surface area (Å²) in [6, 6.07) is 10.6. The first-order valence-electron chi connectivity index (χ1n) is 8.40. The van der Waals surface area contributed by atoms with E-state index in [-0.39, 0.29) is 18.4 Å². The molecule has 0 atom stereocenters. The summed E-state index contributed by atoms with van der Waals surface area (Å²) in [5, 5.41) is 2.54. The van der Waals surface area contributed by atoms with Crippen LogP contribution in [0.4, 0.5) is 0 Å². The number of piperidine rings is 1. The molecule has 1 aliphatic heterocycles. The molecule has 126 valence electrons. The highest BCUT2D eigenvalue weighted by molar-refractivity contribution is 5.84. The van der Waals surface area contributed by atoms with E-state index < -0.39 is 0 Å². The summed E-state index contributed by atoms with van der Waals surface area (Å²) >= 11 is 0. The van der Waals surface area contributed by atoms with E-state index in [0.717, 1.165) is 38.3 Å². The molecule has 1 aromatic rings. The van der Waals surface area contributed by atoms with E-state index >= 15 is 0 Å². The maximum absolute atomic E-state index is 12.2. The number of amides is 2. The molecule has 0 bridgehead atoms. The van der Waals surface area contributed by atoms with Gasteiger partial charge in [0.2, 0.25) is 5.91 Å². The lowest BCUT2D eigenvalue weighted by Crippen LogP contribution is -3.14. The second-order valence-corrected chi connectivity index (χ2v) is 6.48. The van der Waals surface area contributed by atoms with Crippen molar-refractivity contribution < 1.29 is 14.5 Å². The predicted octanol–water partition coefficient (Wildman–Crippen LogP) is -0.272. The Morgan fingerprint density at radius 3 is 2.48 bits per heavy atom. The molecule has 23 heavy (non-hydrogen) atoms. The van der Waals surface area contributed by atoms with E-state index in [1.807, 2.05) is 0 Å². The zero-order chi connectivity index (χ0) is 16.7. The number of nitrogens with zero attached hydrogens (tertiary/aromatic N) is 1. The smallest absolute Gasteiger partial charge is 0.277 e. The predicted molar refractivity (Wildman–Crippen MR) is 90.1 cm³/mol.